The fourth-order valence-corrected chi connectivity index (χ4v) is 8.53. The molecule has 0 amide bonds. The minimum atomic E-state index is -0.0508. The van der Waals surface area contributed by atoms with Crippen molar-refractivity contribution in [3.05, 3.63) is 212 Å². The minimum Gasteiger partial charge on any atom is -0.509 e. The van der Waals surface area contributed by atoms with E-state index in [1.807, 2.05) is 36.7 Å². The van der Waals surface area contributed by atoms with Crippen molar-refractivity contribution in [2.45, 2.75) is 52.4 Å². The fourth-order valence-electron chi connectivity index (χ4n) is 8.53. The van der Waals surface area contributed by atoms with Crippen LogP contribution in [0.1, 0.15) is 52.7 Å². The number of anilines is 2. The summed E-state index contributed by atoms with van der Waals surface area (Å²) in [6, 6.07) is 64.8. The molecule has 0 spiro atoms. The SMILES string of the molecule is CC(C)(C)c1ccc(-c2ccnc(-n3c4[c-]c(Oc5[c-]c(N6C=CN(c7cc(-c8ccccc8)cc(-c8ccccc8)c7)[CH-]6)ccc5)ccc4c4ccccc43)c2)c(C(C)(C)C)c1.[Pt]. The van der Waals surface area contributed by atoms with Crippen molar-refractivity contribution in [3.63, 3.8) is 0 Å². The van der Waals surface area contributed by atoms with E-state index in [2.05, 4.69) is 220 Å². The van der Waals surface area contributed by atoms with Crippen LogP contribution in [0.2, 0.25) is 0 Å². The number of pyridine rings is 1. The molecule has 0 N–H and O–H groups in total. The zero-order valence-corrected chi connectivity index (χ0v) is 39.2. The number of hydrogen-bond donors (Lipinski definition) is 0. The van der Waals surface area contributed by atoms with Gasteiger partial charge in [-0.25, -0.2) is 4.98 Å². The summed E-state index contributed by atoms with van der Waals surface area (Å²) in [5.74, 6) is 2.01. The van der Waals surface area contributed by atoms with Gasteiger partial charge in [0.15, 0.2) is 0 Å². The third-order valence-corrected chi connectivity index (χ3v) is 11.9. The van der Waals surface area contributed by atoms with Crippen molar-refractivity contribution >= 4 is 33.2 Å². The fraction of sp³-hybridized carbons (Fsp3) is 0.138. The third kappa shape index (κ3) is 8.41. The van der Waals surface area contributed by atoms with Crippen LogP contribution in [0.15, 0.2) is 182 Å². The summed E-state index contributed by atoms with van der Waals surface area (Å²) < 4.78 is 8.78. The molecule has 0 saturated carbocycles. The van der Waals surface area contributed by atoms with Crippen LogP contribution in [-0.4, -0.2) is 9.55 Å². The van der Waals surface area contributed by atoms with E-state index in [-0.39, 0.29) is 31.9 Å². The average molecular weight is 1010 g/mol. The van der Waals surface area contributed by atoms with Gasteiger partial charge in [-0.2, -0.15) is 12.1 Å². The van der Waals surface area contributed by atoms with Crippen LogP contribution in [0.4, 0.5) is 11.4 Å². The molecule has 1 aliphatic rings. The Labute approximate surface area is 391 Å². The number of benzene rings is 7. The molecule has 5 nitrogen and oxygen atoms in total. The Morgan fingerprint density at radius 3 is 1.91 bits per heavy atom. The van der Waals surface area contributed by atoms with Gasteiger partial charge in [0.25, 0.3) is 0 Å². The first kappa shape index (κ1) is 42.6. The maximum atomic E-state index is 6.58. The maximum Gasteiger partial charge on any atom is 0.136 e. The monoisotopic (exact) mass is 1010 g/mol. The standard InChI is InChI=1S/C58H49N4O.Pt/c1-57(2,3)45-24-26-50(53(36-45)58(4,5)6)42-28-29-59-56(35-42)62-54-23-14-13-22-51(54)52-27-25-49(38-55(52)62)63-48-21-15-20-46(37-48)60-30-31-61(39-60)47-33-43(40-16-9-7-10-17-40)32-44(34-47)41-18-11-8-12-19-41;/h7-36,39H,1-6H3;/q-3;. The molecule has 3 heterocycles. The van der Waals surface area contributed by atoms with Gasteiger partial charge in [-0.15, -0.1) is 48.1 Å². The maximum absolute atomic E-state index is 6.58. The van der Waals surface area contributed by atoms with Crippen molar-refractivity contribution in [2.24, 2.45) is 0 Å². The predicted molar refractivity (Wildman–Crippen MR) is 261 cm³/mol. The minimum absolute atomic E-state index is 0. The topological polar surface area (TPSA) is 33.5 Å². The van der Waals surface area contributed by atoms with E-state index in [0.717, 1.165) is 55.7 Å². The van der Waals surface area contributed by atoms with Gasteiger partial charge in [-0.1, -0.05) is 144 Å². The Bertz CT molecular complexity index is 3100. The van der Waals surface area contributed by atoms with Crippen LogP contribution in [0.5, 0.6) is 11.5 Å². The molecule has 0 bridgehead atoms. The van der Waals surface area contributed by atoms with Crippen LogP contribution in [-0.2, 0) is 31.9 Å². The van der Waals surface area contributed by atoms with Crippen LogP contribution >= 0.6 is 0 Å². The summed E-state index contributed by atoms with van der Waals surface area (Å²) in [6.07, 6.45) is 6.05. The first-order valence-corrected chi connectivity index (χ1v) is 21.6. The molecule has 0 aliphatic carbocycles. The van der Waals surface area contributed by atoms with E-state index >= 15 is 0 Å². The number of aromatic nitrogens is 2. The van der Waals surface area contributed by atoms with Gasteiger partial charge in [-0.05, 0) is 110 Å². The second-order valence-corrected chi connectivity index (χ2v) is 18.3. The summed E-state index contributed by atoms with van der Waals surface area (Å²) in [7, 11) is 0. The Hall–Kier alpha value is -6.68. The van der Waals surface area contributed by atoms with E-state index in [1.165, 1.54) is 27.8 Å². The summed E-state index contributed by atoms with van der Waals surface area (Å²) in [5, 5.41) is 2.21. The second kappa shape index (κ2) is 17.1. The molecule has 0 unspecified atom stereocenters. The summed E-state index contributed by atoms with van der Waals surface area (Å²) in [4.78, 5) is 9.18. The molecule has 2 aromatic heterocycles. The predicted octanol–water partition coefficient (Wildman–Crippen LogP) is 15.1. The quantitative estimate of drug-likeness (QED) is 0.142. The van der Waals surface area contributed by atoms with Gasteiger partial charge >= 0.3 is 0 Å². The van der Waals surface area contributed by atoms with Gasteiger partial charge in [0.2, 0.25) is 0 Å². The molecule has 64 heavy (non-hydrogen) atoms. The average Bonchev–Trinajstić information content (AvgIpc) is 3.93. The first-order valence-electron chi connectivity index (χ1n) is 21.6. The number of nitrogens with zero attached hydrogens (tertiary/aromatic N) is 4. The van der Waals surface area contributed by atoms with E-state index in [9.17, 15) is 0 Å². The number of ether oxygens (including phenoxy) is 1. The van der Waals surface area contributed by atoms with E-state index in [1.54, 1.807) is 0 Å². The Balaban J connectivity index is 0.00000518. The van der Waals surface area contributed by atoms with Gasteiger partial charge in [0, 0.05) is 50.0 Å². The van der Waals surface area contributed by atoms with Crippen LogP contribution in [0.3, 0.4) is 0 Å². The molecule has 9 aromatic rings. The smallest absolute Gasteiger partial charge is 0.136 e. The van der Waals surface area contributed by atoms with Gasteiger partial charge in [0.05, 0.1) is 0 Å². The van der Waals surface area contributed by atoms with Crippen LogP contribution in [0.25, 0.3) is 61.0 Å². The number of rotatable bonds is 8. The van der Waals surface area contributed by atoms with Crippen molar-refractivity contribution in [1.82, 2.24) is 9.55 Å². The largest absolute Gasteiger partial charge is 0.509 e. The Kier molecular flexibility index (Phi) is 11.4. The molecule has 10 rings (SSSR count). The van der Waals surface area contributed by atoms with Gasteiger partial charge in [-0.3, -0.25) is 0 Å². The normalized spacial score (nSPS) is 12.8. The molecular formula is C58H49N4OPt-3. The van der Waals surface area contributed by atoms with Gasteiger partial charge in [0.1, 0.15) is 5.82 Å². The van der Waals surface area contributed by atoms with E-state index < -0.39 is 0 Å². The summed E-state index contributed by atoms with van der Waals surface area (Å²) in [6.45, 7) is 15.8. The molecule has 0 radical (unpaired) electrons. The van der Waals surface area contributed by atoms with Crippen molar-refractivity contribution in [3.8, 4) is 50.7 Å². The van der Waals surface area contributed by atoms with Crippen LogP contribution in [0, 0.1) is 18.8 Å². The molecule has 0 saturated heterocycles. The van der Waals surface area contributed by atoms with Crippen molar-refractivity contribution in [2.75, 3.05) is 9.80 Å². The molecule has 0 fully saturated rings. The molecule has 1 aliphatic heterocycles. The molecule has 7 aromatic carbocycles. The molecular weight excluding hydrogens is 964 g/mol. The first-order chi connectivity index (χ1) is 30.5. The molecule has 0 atom stereocenters. The number of hydrogen-bond acceptors (Lipinski definition) is 4. The number of para-hydroxylation sites is 1. The van der Waals surface area contributed by atoms with E-state index in [4.69, 9.17) is 9.72 Å². The summed E-state index contributed by atoms with van der Waals surface area (Å²) in [5.41, 5.74) is 13.5. The summed E-state index contributed by atoms with van der Waals surface area (Å²) >= 11 is 0. The Morgan fingerprint density at radius 1 is 0.531 bits per heavy atom. The molecule has 320 valence electrons. The van der Waals surface area contributed by atoms with E-state index in [0.29, 0.717) is 11.5 Å². The Morgan fingerprint density at radius 2 is 1.20 bits per heavy atom. The second-order valence-electron chi connectivity index (χ2n) is 18.3. The zero-order valence-electron chi connectivity index (χ0n) is 36.9. The number of fused-ring (bicyclic) bond motifs is 3. The third-order valence-electron chi connectivity index (χ3n) is 11.9. The zero-order chi connectivity index (χ0) is 43.3. The van der Waals surface area contributed by atoms with Crippen LogP contribution < -0.4 is 14.5 Å². The van der Waals surface area contributed by atoms with Crippen molar-refractivity contribution < 1.29 is 25.8 Å². The van der Waals surface area contributed by atoms with Gasteiger partial charge < -0.3 is 19.1 Å². The van der Waals surface area contributed by atoms with Crippen molar-refractivity contribution in [1.29, 1.82) is 0 Å². The molecule has 6 heteroatoms.